The van der Waals surface area contributed by atoms with E-state index in [2.05, 4.69) is 41.3 Å². The Morgan fingerprint density at radius 1 is 1.32 bits per heavy atom. The minimum Gasteiger partial charge on any atom is -0.486 e. The maximum atomic E-state index is 12.5. The molecule has 1 fully saturated rings. The molecule has 4 rings (SSSR count). The minimum absolute atomic E-state index is 0.0998. The monoisotopic (exact) mass is 357 g/mol. The van der Waals surface area contributed by atoms with Gasteiger partial charge in [0.15, 0.2) is 5.17 Å². The second kappa shape index (κ2) is 6.75. The number of benzene rings is 1. The van der Waals surface area contributed by atoms with Crippen LogP contribution in [-0.4, -0.2) is 53.2 Å². The van der Waals surface area contributed by atoms with Crippen LogP contribution in [0, 0.1) is 13.8 Å². The number of amides is 1. The number of hydrogen-bond acceptors (Lipinski definition) is 5. The van der Waals surface area contributed by atoms with Crippen molar-refractivity contribution >= 4 is 22.8 Å². The Labute approximate surface area is 152 Å². The molecular weight excluding hydrogens is 334 g/mol. The lowest BCUT2D eigenvalue weighted by molar-refractivity contribution is -0.139. The summed E-state index contributed by atoms with van der Waals surface area (Å²) in [6.45, 7) is 7.35. The van der Waals surface area contributed by atoms with Gasteiger partial charge in [0, 0.05) is 18.8 Å². The van der Waals surface area contributed by atoms with Crippen molar-refractivity contribution in [2.24, 2.45) is 4.99 Å². The summed E-state index contributed by atoms with van der Waals surface area (Å²) in [4.78, 5) is 21.1. The fourth-order valence-corrected chi connectivity index (χ4v) is 4.36. The molecule has 1 amide bonds. The molecule has 0 aliphatic carbocycles. The van der Waals surface area contributed by atoms with Crippen molar-refractivity contribution in [2.75, 3.05) is 26.2 Å². The maximum absolute atomic E-state index is 12.5. The van der Waals surface area contributed by atoms with Gasteiger partial charge in [-0.3, -0.25) is 9.79 Å². The standard InChI is InChI=1S/C19H23N3O2S/c1-13-5-3-6-14(2)18(13)24-16-10-21(11-16)17(23)9-15-12-25-19-20-7-4-8-22(15)19/h3,5-6,12,16H,4,7-11H2,1-2H3. The van der Waals surface area contributed by atoms with Gasteiger partial charge in [-0.2, -0.15) is 0 Å². The molecule has 0 radical (unpaired) electrons. The van der Waals surface area contributed by atoms with Crippen LogP contribution in [-0.2, 0) is 4.79 Å². The van der Waals surface area contributed by atoms with Crippen LogP contribution in [0.5, 0.6) is 5.75 Å². The highest BCUT2D eigenvalue weighted by molar-refractivity contribution is 8.16. The number of thioether (sulfide) groups is 1. The van der Waals surface area contributed by atoms with E-state index in [1.165, 1.54) is 0 Å². The molecule has 1 aromatic carbocycles. The van der Waals surface area contributed by atoms with Crippen LogP contribution < -0.4 is 4.74 Å². The molecule has 3 aliphatic rings. The molecule has 6 heteroatoms. The van der Waals surface area contributed by atoms with E-state index in [1.54, 1.807) is 11.8 Å². The smallest absolute Gasteiger partial charge is 0.228 e. The average Bonchev–Trinajstić information content (AvgIpc) is 2.96. The molecule has 3 heterocycles. The summed E-state index contributed by atoms with van der Waals surface area (Å²) in [5.41, 5.74) is 3.39. The molecule has 0 spiro atoms. The summed E-state index contributed by atoms with van der Waals surface area (Å²) in [5, 5.41) is 3.13. The van der Waals surface area contributed by atoms with Crippen LogP contribution >= 0.6 is 11.8 Å². The zero-order valence-electron chi connectivity index (χ0n) is 14.7. The van der Waals surface area contributed by atoms with Crippen molar-refractivity contribution < 1.29 is 9.53 Å². The number of amidine groups is 1. The molecule has 132 valence electrons. The first kappa shape index (κ1) is 16.5. The molecule has 1 aromatic rings. The Balaban J connectivity index is 1.30. The number of carbonyl (C=O) groups excluding carboxylic acids is 1. The summed E-state index contributed by atoms with van der Waals surface area (Å²) in [7, 11) is 0. The number of aliphatic imine (C=N–C) groups is 1. The number of carbonyl (C=O) groups is 1. The average molecular weight is 357 g/mol. The van der Waals surface area contributed by atoms with Crippen LogP contribution in [0.4, 0.5) is 0 Å². The predicted molar refractivity (Wildman–Crippen MR) is 101 cm³/mol. The summed E-state index contributed by atoms with van der Waals surface area (Å²) in [6.07, 6.45) is 1.62. The third kappa shape index (κ3) is 3.27. The molecule has 3 aliphatic heterocycles. The Morgan fingerprint density at radius 3 is 2.84 bits per heavy atom. The van der Waals surface area contributed by atoms with E-state index in [0.717, 1.165) is 47.3 Å². The summed E-state index contributed by atoms with van der Waals surface area (Å²) < 4.78 is 6.11. The lowest BCUT2D eigenvalue weighted by Crippen LogP contribution is -2.56. The number of para-hydroxylation sites is 1. The fraction of sp³-hybridized carbons (Fsp3) is 0.474. The van der Waals surface area contributed by atoms with Gasteiger partial charge in [0.05, 0.1) is 19.5 Å². The van der Waals surface area contributed by atoms with E-state index in [-0.39, 0.29) is 12.0 Å². The topological polar surface area (TPSA) is 45.1 Å². The van der Waals surface area contributed by atoms with Crippen LogP contribution in [0.2, 0.25) is 0 Å². The molecule has 1 saturated heterocycles. The van der Waals surface area contributed by atoms with E-state index in [1.807, 2.05) is 11.0 Å². The molecule has 5 nitrogen and oxygen atoms in total. The SMILES string of the molecule is Cc1cccc(C)c1OC1CN(C(=O)CC2=CSC3=NCCCN23)C1. The van der Waals surface area contributed by atoms with Crippen LogP contribution in [0.1, 0.15) is 24.0 Å². The van der Waals surface area contributed by atoms with Gasteiger partial charge in [0.25, 0.3) is 0 Å². The summed E-state index contributed by atoms with van der Waals surface area (Å²) in [5.74, 6) is 1.14. The number of fused-ring (bicyclic) bond motifs is 1. The van der Waals surface area contributed by atoms with Crippen molar-refractivity contribution in [3.63, 3.8) is 0 Å². The van der Waals surface area contributed by atoms with E-state index in [9.17, 15) is 4.79 Å². The molecule has 0 unspecified atom stereocenters. The van der Waals surface area contributed by atoms with E-state index in [0.29, 0.717) is 19.5 Å². The van der Waals surface area contributed by atoms with E-state index in [4.69, 9.17) is 4.74 Å². The molecule has 0 aromatic heterocycles. The predicted octanol–water partition coefficient (Wildman–Crippen LogP) is 2.93. The lowest BCUT2D eigenvalue weighted by atomic mass is 10.1. The van der Waals surface area contributed by atoms with Crippen molar-refractivity contribution in [2.45, 2.75) is 32.8 Å². The van der Waals surface area contributed by atoms with Crippen molar-refractivity contribution in [3.8, 4) is 5.75 Å². The van der Waals surface area contributed by atoms with Crippen LogP contribution in [0.3, 0.4) is 0 Å². The molecule has 0 saturated carbocycles. The zero-order chi connectivity index (χ0) is 17.4. The Kier molecular flexibility index (Phi) is 4.46. The first-order valence-electron chi connectivity index (χ1n) is 8.80. The normalized spacial score (nSPS) is 19.9. The van der Waals surface area contributed by atoms with E-state index < -0.39 is 0 Å². The minimum atomic E-state index is 0.0998. The third-order valence-corrected chi connectivity index (χ3v) is 5.84. The number of nitrogens with zero attached hydrogens (tertiary/aromatic N) is 3. The second-order valence-electron chi connectivity index (χ2n) is 6.83. The Morgan fingerprint density at radius 2 is 2.08 bits per heavy atom. The number of rotatable bonds is 4. The highest BCUT2D eigenvalue weighted by atomic mass is 32.2. The molecule has 0 N–H and O–H groups in total. The van der Waals surface area contributed by atoms with Gasteiger partial charge in [-0.25, -0.2) is 0 Å². The van der Waals surface area contributed by atoms with Gasteiger partial charge >= 0.3 is 0 Å². The van der Waals surface area contributed by atoms with Gasteiger partial charge in [-0.05, 0) is 36.8 Å². The molecule has 0 atom stereocenters. The highest BCUT2D eigenvalue weighted by Crippen LogP contribution is 2.32. The first-order valence-corrected chi connectivity index (χ1v) is 9.68. The first-order chi connectivity index (χ1) is 12.1. The molecular formula is C19H23N3O2S. The van der Waals surface area contributed by atoms with Crippen LogP contribution in [0.25, 0.3) is 0 Å². The van der Waals surface area contributed by atoms with Crippen molar-refractivity contribution in [1.29, 1.82) is 0 Å². The summed E-state index contributed by atoms with van der Waals surface area (Å²) in [6, 6.07) is 6.16. The van der Waals surface area contributed by atoms with Gasteiger partial charge in [-0.15, -0.1) is 0 Å². The molecule has 25 heavy (non-hydrogen) atoms. The number of aryl methyl sites for hydroxylation is 2. The van der Waals surface area contributed by atoms with Crippen molar-refractivity contribution in [3.05, 3.63) is 40.4 Å². The van der Waals surface area contributed by atoms with Gasteiger partial charge in [-0.1, -0.05) is 30.0 Å². The van der Waals surface area contributed by atoms with Crippen molar-refractivity contribution in [1.82, 2.24) is 9.80 Å². The van der Waals surface area contributed by atoms with Gasteiger partial charge < -0.3 is 14.5 Å². The lowest BCUT2D eigenvalue weighted by Gasteiger charge is -2.40. The van der Waals surface area contributed by atoms with Gasteiger partial charge in [0.1, 0.15) is 11.9 Å². The molecule has 0 bridgehead atoms. The number of likely N-dealkylation sites (tertiary alicyclic amines) is 1. The number of hydrogen-bond donors (Lipinski definition) is 0. The van der Waals surface area contributed by atoms with Gasteiger partial charge in [0.2, 0.25) is 5.91 Å². The fourth-order valence-electron chi connectivity index (χ4n) is 3.41. The highest BCUT2D eigenvalue weighted by Gasteiger charge is 2.35. The Bertz CT molecular complexity index is 733. The second-order valence-corrected chi connectivity index (χ2v) is 7.67. The van der Waals surface area contributed by atoms with E-state index >= 15 is 0 Å². The summed E-state index contributed by atoms with van der Waals surface area (Å²) >= 11 is 1.64. The number of ether oxygens (including phenoxy) is 1. The largest absolute Gasteiger partial charge is 0.486 e. The third-order valence-electron chi connectivity index (χ3n) is 4.89. The van der Waals surface area contributed by atoms with Crippen LogP contribution in [0.15, 0.2) is 34.3 Å². The quantitative estimate of drug-likeness (QED) is 0.831. The zero-order valence-corrected chi connectivity index (χ0v) is 15.5. The Hall–Kier alpha value is -1.95. The maximum Gasteiger partial charge on any atom is 0.228 e.